The van der Waals surface area contributed by atoms with E-state index in [-0.39, 0.29) is 25.0 Å². The molecule has 22 heteroatoms. The Balaban J connectivity index is 1.15. The van der Waals surface area contributed by atoms with Crippen molar-refractivity contribution in [2.75, 3.05) is 55.8 Å². The van der Waals surface area contributed by atoms with Crippen molar-refractivity contribution in [1.29, 1.82) is 0 Å². The smallest absolute Gasteiger partial charge is 0.410 e. The number of pyridine rings is 1. The number of esters is 1. The summed E-state index contributed by atoms with van der Waals surface area (Å²) in [7, 11) is 9.66. The van der Waals surface area contributed by atoms with Crippen molar-refractivity contribution < 1.29 is 81.2 Å². The van der Waals surface area contributed by atoms with Crippen LogP contribution in [0.15, 0.2) is 48.8 Å². The van der Waals surface area contributed by atoms with Gasteiger partial charge in [0.25, 0.3) is 0 Å². The number of cyclic esters (lactones) is 1. The van der Waals surface area contributed by atoms with Gasteiger partial charge in [0.15, 0.2) is 18.2 Å². The lowest BCUT2D eigenvalue weighted by atomic mass is 9.73. The molecular formula is C60H92FN6O15+. The number of aliphatic hydroxyl groups is 2. The number of amides is 1. The zero-order valence-corrected chi connectivity index (χ0v) is 51.1. The van der Waals surface area contributed by atoms with Crippen LogP contribution in [0.1, 0.15) is 124 Å². The third-order valence-electron chi connectivity index (χ3n) is 18.4. The number of ketones is 1. The van der Waals surface area contributed by atoms with Crippen molar-refractivity contribution in [3.63, 3.8) is 0 Å². The monoisotopic (exact) mass is 1160 g/mol. The quantitative estimate of drug-likeness (QED) is 0.111. The largest absolute Gasteiger partial charge is 0.458 e. The van der Waals surface area contributed by atoms with Crippen LogP contribution in [0.5, 0.6) is 0 Å². The van der Waals surface area contributed by atoms with E-state index in [1.54, 1.807) is 66.8 Å². The van der Waals surface area contributed by atoms with E-state index in [0.29, 0.717) is 25.1 Å². The summed E-state index contributed by atoms with van der Waals surface area (Å²) in [6.45, 7) is 19.5. The summed E-state index contributed by atoms with van der Waals surface area (Å²) < 4.78 is 75.9. The Labute approximate surface area is 483 Å². The van der Waals surface area contributed by atoms with E-state index in [2.05, 4.69) is 10.3 Å². The third-order valence-corrected chi connectivity index (χ3v) is 18.4. The van der Waals surface area contributed by atoms with Crippen molar-refractivity contribution >= 4 is 17.8 Å². The summed E-state index contributed by atoms with van der Waals surface area (Å²) in [5.41, 5.74) is 0.404. The molecule has 0 spiro atoms. The van der Waals surface area contributed by atoms with E-state index in [9.17, 15) is 24.6 Å². The minimum Gasteiger partial charge on any atom is -0.458 e. The number of aryl methyl sites for hydroxylation is 1. The average molecular weight is 1160 g/mol. The SMILES string of the molecule is CC[C@H]1OC(=O)[C@H](C)[C@@H](O[C@H]2C[C@@](C)(OC)[C@@H](O)[C@H](C)O2)[C@H](C)[C@@H](O[C@@H]2O[C@H](C)C[C@H](N(C)CCc3cn([C@H](CF)[C@H](OC)c4ccc(-c5ccc(C)[n+](OC)c5)cc4)nn3)[C@H]2O)[C@](C)(OC)C[C@@H](C)C(=O)[C@H](C)[C@H]2N(C)C(=O)O[C@]12C. The molecule has 458 valence electrons. The minimum absolute atomic E-state index is 0.0899. The standard InChI is InChI=1S/C60H92FN6O15/c1-18-46-60(11)52(65(13)57(72)82-60)36(5)48(68)33(2)28-59(10,75-16)54(37(6)50(38(7)55(71)79-46)80-47-29-58(9,74-15)53(70)39(8)78-47)81-56-49(69)44(27-35(4)77-56)64(12)26-25-43-32-66(63-62-43)45(30-61)51(73-14)41-23-21-40(22-24-41)42-20-19-34(3)67(31-42)76-17/h19-24,31-33,35-39,44-47,49-54,56,69-70H,18,25-30H2,1-17H3/q+1/t33-,35-,36+,37+,38-,39+,44+,45-,46-,47+,49-,50+,51-,52-,53+,54-,56+,58-,59-,60-/m1/s1. The Morgan fingerprint density at radius 2 is 1.57 bits per heavy atom. The van der Waals surface area contributed by atoms with E-state index in [1.807, 2.05) is 96.1 Å². The Hall–Kier alpha value is -4.75. The molecule has 4 fully saturated rings. The number of Topliss-reactive ketones (excluding diaryl/α,β-unsaturated/α-hetero) is 1. The van der Waals surface area contributed by atoms with Crippen LogP contribution in [0.3, 0.4) is 0 Å². The lowest BCUT2D eigenvalue weighted by molar-refractivity contribution is -0.889. The first-order valence-corrected chi connectivity index (χ1v) is 28.9. The van der Waals surface area contributed by atoms with Gasteiger partial charge in [0.2, 0.25) is 11.9 Å². The van der Waals surface area contributed by atoms with Crippen LogP contribution >= 0.6 is 0 Å². The van der Waals surface area contributed by atoms with Crippen LogP contribution in [0.25, 0.3) is 11.1 Å². The average Bonchev–Trinajstić information content (AvgIpc) is 3.79. The van der Waals surface area contributed by atoms with E-state index in [1.165, 1.54) is 23.8 Å². The van der Waals surface area contributed by atoms with E-state index in [0.717, 1.165) is 22.4 Å². The number of aromatic nitrogens is 4. The second-order valence-corrected chi connectivity index (χ2v) is 24.1. The van der Waals surface area contributed by atoms with Crippen molar-refractivity contribution in [2.45, 2.75) is 205 Å². The van der Waals surface area contributed by atoms with Gasteiger partial charge in [-0.3, -0.25) is 14.4 Å². The molecule has 0 unspecified atom stereocenters. The van der Waals surface area contributed by atoms with E-state index < -0.39 is 139 Å². The predicted molar refractivity (Wildman–Crippen MR) is 298 cm³/mol. The number of benzene rings is 1. The fraction of sp³-hybridized carbons (Fsp3) is 0.733. The Bertz CT molecular complexity index is 2630. The summed E-state index contributed by atoms with van der Waals surface area (Å²) in [5, 5.41) is 32.5. The molecule has 2 aromatic heterocycles. The van der Waals surface area contributed by atoms with Gasteiger partial charge in [-0.25, -0.2) is 13.9 Å². The first kappa shape index (κ1) is 64.8. The second-order valence-electron chi connectivity index (χ2n) is 24.1. The van der Waals surface area contributed by atoms with Crippen LogP contribution in [-0.4, -0.2) is 193 Å². The third kappa shape index (κ3) is 13.2. The summed E-state index contributed by atoms with van der Waals surface area (Å²) in [6, 6.07) is 9.62. The van der Waals surface area contributed by atoms with Gasteiger partial charge in [-0.05, 0) is 85.0 Å². The highest BCUT2D eigenvalue weighted by Gasteiger charge is 2.60. The number of fused-ring (bicyclic) bond motifs is 1. The summed E-state index contributed by atoms with van der Waals surface area (Å²) >= 11 is 0. The maximum atomic E-state index is 15.1. The highest BCUT2D eigenvalue weighted by Crippen LogP contribution is 2.45. The zero-order valence-electron chi connectivity index (χ0n) is 51.1. The number of ether oxygens (including phenoxy) is 9. The maximum absolute atomic E-state index is 15.1. The molecule has 4 aliphatic heterocycles. The number of halogens is 1. The molecule has 82 heavy (non-hydrogen) atoms. The number of alkyl halides is 1. The van der Waals surface area contributed by atoms with Crippen LogP contribution in [0, 0.1) is 30.6 Å². The molecule has 21 nitrogen and oxygen atoms in total. The van der Waals surface area contributed by atoms with Crippen LogP contribution < -0.4 is 9.57 Å². The Kier molecular flexibility index (Phi) is 21.1. The first-order valence-electron chi connectivity index (χ1n) is 28.9. The van der Waals surface area contributed by atoms with Crippen LogP contribution in [0.4, 0.5) is 9.18 Å². The van der Waals surface area contributed by atoms with Crippen molar-refractivity contribution in [1.82, 2.24) is 24.8 Å². The number of hydrogen-bond acceptors (Lipinski definition) is 18. The molecule has 0 saturated carbocycles. The van der Waals surface area contributed by atoms with Crippen LogP contribution in [-0.2, 0) is 58.6 Å². The molecule has 4 aliphatic rings. The number of aliphatic hydroxyl groups excluding tert-OH is 2. The summed E-state index contributed by atoms with van der Waals surface area (Å²) in [5.74, 6) is -4.14. The number of likely N-dealkylation sites (N-methyl/N-ethyl adjacent to an activating group) is 2. The van der Waals surface area contributed by atoms with Gasteiger partial charge >= 0.3 is 12.1 Å². The lowest BCUT2D eigenvalue weighted by Crippen LogP contribution is -2.62. The van der Waals surface area contributed by atoms with Gasteiger partial charge in [0, 0.05) is 95.5 Å². The van der Waals surface area contributed by atoms with Crippen molar-refractivity contribution in [3.8, 4) is 11.1 Å². The van der Waals surface area contributed by atoms with Gasteiger partial charge in [-0.1, -0.05) is 57.2 Å². The minimum atomic E-state index is -1.41. The fourth-order valence-corrected chi connectivity index (χ4v) is 13.3. The zero-order chi connectivity index (χ0) is 60.3. The van der Waals surface area contributed by atoms with Gasteiger partial charge in [0.1, 0.15) is 50.0 Å². The highest BCUT2D eigenvalue weighted by atomic mass is 19.1. The number of hydrogen-bond donors (Lipinski definition) is 2. The number of rotatable bonds is 18. The topological polar surface area (TPSA) is 225 Å². The lowest BCUT2D eigenvalue weighted by Gasteiger charge is -2.50. The Morgan fingerprint density at radius 1 is 0.902 bits per heavy atom. The number of methoxy groups -OCH3 is 3. The Morgan fingerprint density at radius 3 is 2.20 bits per heavy atom. The fourth-order valence-electron chi connectivity index (χ4n) is 13.3. The van der Waals surface area contributed by atoms with Crippen molar-refractivity contribution in [2.24, 2.45) is 23.7 Å². The maximum Gasteiger partial charge on any atom is 0.410 e. The first-order chi connectivity index (χ1) is 38.7. The van der Waals surface area contributed by atoms with Gasteiger partial charge in [-0.2, -0.15) is 0 Å². The molecule has 7 rings (SSSR count). The normalized spacial score (nSPS) is 36.8. The molecule has 6 heterocycles. The number of carbonyl (C=O) groups is 3. The number of nitrogens with zero attached hydrogens (tertiary/aromatic N) is 6. The van der Waals surface area contributed by atoms with Gasteiger partial charge in [0.05, 0.1) is 58.8 Å². The molecule has 20 atom stereocenters. The molecule has 0 aliphatic carbocycles. The predicted octanol–water partition coefficient (Wildman–Crippen LogP) is 5.96. The molecule has 0 bridgehead atoms. The second kappa shape index (κ2) is 26.7. The molecule has 0 radical (unpaired) electrons. The molecule has 1 amide bonds. The summed E-state index contributed by atoms with van der Waals surface area (Å²) in [6.07, 6.45) is -5.14. The van der Waals surface area contributed by atoms with E-state index in [4.69, 9.17) is 47.5 Å². The van der Waals surface area contributed by atoms with Crippen molar-refractivity contribution in [3.05, 3.63) is 65.7 Å². The highest BCUT2D eigenvalue weighted by molar-refractivity contribution is 5.85. The van der Waals surface area contributed by atoms with E-state index >= 15 is 4.39 Å². The van der Waals surface area contributed by atoms with Gasteiger partial charge < -0.3 is 62.6 Å². The number of carbonyl (C=O) groups excluding carboxylic acids is 3. The van der Waals surface area contributed by atoms with Gasteiger partial charge in [-0.15, -0.1) is 5.10 Å². The molecule has 2 N–H and O–H groups in total. The molecular weight excluding hydrogens is 1060 g/mol. The molecule has 3 aromatic rings. The van der Waals surface area contributed by atoms with Crippen LogP contribution in [0.2, 0.25) is 0 Å². The molecule has 4 saturated heterocycles. The molecule has 1 aromatic carbocycles. The summed E-state index contributed by atoms with van der Waals surface area (Å²) in [4.78, 5) is 52.0.